The van der Waals surface area contributed by atoms with E-state index >= 15 is 0 Å². The van der Waals surface area contributed by atoms with E-state index in [0.717, 1.165) is 34.4 Å². The van der Waals surface area contributed by atoms with Gasteiger partial charge in [-0.3, -0.25) is 20.2 Å². The maximum absolute atomic E-state index is 12.5. The summed E-state index contributed by atoms with van der Waals surface area (Å²) >= 11 is 0. The molecule has 0 fully saturated rings. The van der Waals surface area contributed by atoms with Crippen LogP contribution in [0.5, 0.6) is 0 Å². The molecule has 1 N–H and O–H groups in total. The maximum atomic E-state index is 12.5. The highest BCUT2D eigenvalue weighted by molar-refractivity contribution is 7.89. The molecule has 10 nitrogen and oxygen atoms in total. The van der Waals surface area contributed by atoms with Crippen molar-refractivity contribution < 1.29 is 18.3 Å². The summed E-state index contributed by atoms with van der Waals surface area (Å²) in [5, 5.41) is 25.8. The molecule has 3 rings (SSSR count). The number of hydrogen-bond acceptors (Lipinski definition) is 7. The lowest BCUT2D eigenvalue weighted by atomic mass is 10.0. The molecule has 0 bridgehead atoms. The molecule has 0 radical (unpaired) electrons. The topological polar surface area (TPSA) is 145 Å². The van der Waals surface area contributed by atoms with Gasteiger partial charge >= 0.3 is 11.4 Å². The van der Waals surface area contributed by atoms with Crippen LogP contribution in [0.25, 0.3) is 16.7 Å². The molecule has 0 aliphatic carbocycles. The zero-order chi connectivity index (χ0) is 24.9. The summed E-state index contributed by atoms with van der Waals surface area (Å²) in [6, 6.07) is 20.1. The van der Waals surface area contributed by atoms with Crippen molar-refractivity contribution in [2.75, 3.05) is 0 Å². The van der Waals surface area contributed by atoms with Gasteiger partial charge in [0.1, 0.15) is 0 Å². The molecular weight excluding hydrogens is 460 g/mol. The number of benzene rings is 3. The molecule has 34 heavy (non-hydrogen) atoms. The maximum Gasteiger partial charge on any atom is 0.347 e. The van der Waals surface area contributed by atoms with Gasteiger partial charge in [0.2, 0.25) is 0 Å². The number of hydrogen-bond donors (Lipinski definition) is 1. The van der Waals surface area contributed by atoms with E-state index in [1.165, 1.54) is 0 Å². The number of nitro groups is 2. The highest BCUT2D eigenvalue weighted by Crippen LogP contribution is 2.29. The van der Waals surface area contributed by atoms with Crippen LogP contribution in [0.4, 0.5) is 11.4 Å². The molecule has 0 atom stereocenters. The average molecular weight is 481 g/mol. The van der Waals surface area contributed by atoms with Gasteiger partial charge in [-0.25, -0.2) is 0 Å². The van der Waals surface area contributed by atoms with Gasteiger partial charge in [-0.2, -0.15) is 18.4 Å². The molecule has 0 amide bonds. The van der Waals surface area contributed by atoms with Crippen LogP contribution in [-0.2, 0) is 10.0 Å². The standard InChI is InChI=1S/C23H20N4O6S/c1-16(18-8-10-20(11-9-18)19-6-4-3-5-7-19)14-17(2)24-25-34(32,33)21-12-13-22(26(28)29)23(15-21)27(30)31/h3-15,25H,1-2H3/b16-14+,24-17-. The average Bonchev–Trinajstić information content (AvgIpc) is 2.83. The van der Waals surface area contributed by atoms with Gasteiger partial charge < -0.3 is 0 Å². The molecule has 3 aromatic rings. The van der Waals surface area contributed by atoms with Gasteiger partial charge in [0.15, 0.2) is 0 Å². The highest BCUT2D eigenvalue weighted by Gasteiger charge is 2.27. The number of sulfonamides is 1. The molecule has 0 saturated heterocycles. The highest BCUT2D eigenvalue weighted by atomic mass is 32.2. The summed E-state index contributed by atoms with van der Waals surface area (Å²) in [5.74, 6) is 0. The van der Waals surface area contributed by atoms with E-state index in [0.29, 0.717) is 11.8 Å². The monoisotopic (exact) mass is 480 g/mol. The van der Waals surface area contributed by atoms with Gasteiger partial charge in [-0.15, -0.1) is 0 Å². The van der Waals surface area contributed by atoms with E-state index in [-0.39, 0.29) is 0 Å². The quantitative estimate of drug-likeness (QED) is 0.275. The summed E-state index contributed by atoms with van der Waals surface area (Å²) in [6.07, 6.45) is 1.68. The molecule has 3 aromatic carbocycles. The van der Waals surface area contributed by atoms with Crippen molar-refractivity contribution in [3.05, 3.63) is 105 Å². The Balaban J connectivity index is 1.78. The van der Waals surface area contributed by atoms with Gasteiger partial charge in [0.25, 0.3) is 10.0 Å². The van der Waals surface area contributed by atoms with Crippen molar-refractivity contribution >= 4 is 32.7 Å². The first-order valence-corrected chi connectivity index (χ1v) is 11.4. The van der Waals surface area contributed by atoms with Crippen LogP contribution >= 0.6 is 0 Å². The Morgan fingerprint density at radius 3 is 2.03 bits per heavy atom. The minimum atomic E-state index is -4.28. The second-order valence-corrected chi connectivity index (χ2v) is 8.94. The number of allylic oxidation sites excluding steroid dienone is 2. The Hall–Kier alpha value is -4.38. The van der Waals surface area contributed by atoms with Crippen LogP contribution in [0.3, 0.4) is 0 Å². The van der Waals surface area contributed by atoms with Crippen molar-refractivity contribution in [3.8, 4) is 11.1 Å². The van der Waals surface area contributed by atoms with E-state index in [1.807, 2.05) is 66.4 Å². The first-order valence-electron chi connectivity index (χ1n) is 9.91. The van der Waals surface area contributed by atoms with E-state index in [4.69, 9.17) is 0 Å². The molecule has 0 spiro atoms. The molecule has 0 saturated carbocycles. The lowest BCUT2D eigenvalue weighted by Gasteiger charge is -2.06. The summed E-state index contributed by atoms with van der Waals surface area (Å²) < 4.78 is 25.0. The second-order valence-electron chi connectivity index (χ2n) is 7.28. The van der Waals surface area contributed by atoms with Gasteiger partial charge in [-0.1, -0.05) is 54.6 Å². The molecule has 0 aliphatic rings. The molecular formula is C23H20N4O6S. The predicted octanol–water partition coefficient (Wildman–Crippen LogP) is 4.93. The van der Waals surface area contributed by atoms with Crippen molar-refractivity contribution in [2.24, 2.45) is 5.10 Å². The van der Waals surface area contributed by atoms with Gasteiger partial charge in [-0.05, 0) is 48.3 Å². The molecule has 0 aliphatic heterocycles. The fraction of sp³-hybridized carbons (Fsp3) is 0.0870. The number of nitrogens with one attached hydrogen (secondary N) is 1. The Morgan fingerprint density at radius 1 is 0.853 bits per heavy atom. The summed E-state index contributed by atoms with van der Waals surface area (Å²) in [5.41, 5.74) is 2.52. The number of nitrogens with zero attached hydrogens (tertiary/aromatic N) is 3. The first kappa shape index (κ1) is 24.3. The molecule has 174 valence electrons. The summed E-state index contributed by atoms with van der Waals surface area (Å²) in [4.78, 5) is 21.5. The SMILES string of the molecule is CC(/C=C(\C)c1ccc(-c2ccccc2)cc1)=N/NS(=O)(=O)c1ccc([N+](=O)[O-])c([N+](=O)[O-])c1. The lowest BCUT2D eigenvalue weighted by molar-refractivity contribution is -0.422. The predicted molar refractivity (Wildman–Crippen MR) is 129 cm³/mol. The zero-order valence-electron chi connectivity index (χ0n) is 18.2. The van der Waals surface area contributed by atoms with Crippen LogP contribution in [0.15, 0.2) is 88.9 Å². The largest absolute Gasteiger partial charge is 0.347 e. The lowest BCUT2D eigenvalue weighted by Crippen LogP contribution is -2.19. The zero-order valence-corrected chi connectivity index (χ0v) is 19.0. The fourth-order valence-corrected chi connectivity index (χ4v) is 4.02. The third-order valence-electron chi connectivity index (χ3n) is 4.87. The van der Waals surface area contributed by atoms with Crippen molar-refractivity contribution in [2.45, 2.75) is 18.7 Å². The third kappa shape index (κ3) is 5.70. The van der Waals surface area contributed by atoms with E-state index < -0.39 is 36.1 Å². The molecule has 0 heterocycles. The van der Waals surface area contributed by atoms with Crippen LogP contribution in [0.1, 0.15) is 19.4 Å². The summed E-state index contributed by atoms with van der Waals surface area (Å²) in [7, 11) is -4.28. The van der Waals surface area contributed by atoms with E-state index in [1.54, 1.807) is 13.0 Å². The van der Waals surface area contributed by atoms with Crippen LogP contribution in [0.2, 0.25) is 0 Å². The Labute approximate surface area is 195 Å². The minimum Gasteiger partial charge on any atom is -0.258 e. The van der Waals surface area contributed by atoms with Gasteiger partial charge in [0.05, 0.1) is 20.5 Å². The van der Waals surface area contributed by atoms with Gasteiger partial charge in [0, 0.05) is 12.1 Å². The normalized spacial score (nSPS) is 12.3. The smallest absolute Gasteiger partial charge is 0.258 e. The van der Waals surface area contributed by atoms with Crippen LogP contribution in [-0.4, -0.2) is 24.0 Å². The Morgan fingerprint density at radius 2 is 1.44 bits per heavy atom. The Bertz CT molecular complexity index is 1400. The van der Waals surface area contributed by atoms with E-state index in [9.17, 15) is 28.6 Å². The fourth-order valence-electron chi connectivity index (χ4n) is 3.14. The number of hydrazone groups is 1. The molecule has 0 aromatic heterocycles. The second kappa shape index (κ2) is 10.0. The molecule has 0 unspecified atom stereocenters. The van der Waals surface area contributed by atoms with Crippen molar-refractivity contribution in [3.63, 3.8) is 0 Å². The van der Waals surface area contributed by atoms with Crippen molar-refractivity contribution in [1.82, 2.24) is 4.83 Å². The Kier molecular flexibility index (Phi) is 7.17. The molecule has 11 heteroatoms. The van der Waals surface area contributed by atoms with Crippen LogP contribution in [0, 0.1) is 20.2 Å². The number of nitro benzene ring substituents is 2. The first-order chi connectivity index (χ1) is 16.1. The minimum absolute atomic E-state index is 0.338. The summed E-state index contributed by atoms with van der Waals surface area (Å²) in [6.45, 7) is 3.44. The van der Waals surface area contributed by atoms with E-state index in [2.05, 4.69) is 5.10 Å². The third-order valence-corrected chi connectivity index (χ3v) is 6.07. The van der Waals surface area contributed by atoms with Crippen molar-refractivity contribution in [1.29, 1.82) is 0 Å². The number of rotatable bonds is 8. The van der Waals surface area contributed by atoms with Crippen LogP contribution < -0.4 is 4.83 Å².